The molecule has 1 heterocycles. The molecule has 1 aromatic rings. The van der Waals surface area contributed by atoms with E-state index < -0.39 is 11.4 Å². The van der Waals surface area contributed by atoms with Gasteiger partial charge in [0.05, 0.1) is 13.2 Å². The van der Waals surface area contributed by atoms with Crippen molar-refractivity contribution >= 4 is 32.8 Å². The van der Waals surface area contributed by atoms with Crippen molar-refractivity contribution in [2.24, 2.45) is 5.41 Å². The second kappa shape index (κ2) is 10.8. The molecule has 0 N–H and O–H groups in total. The molecular formula is C19H25NO5PV-. The molecule has 2 unspecified atom stereocenters. The predicted octanol–water partition coefficient (Wildman–Crippen LogP) is 2.95. The first-order chi connectivity index (χ1) is 12.5. The molecule has 0 aromatic heterocycles. The second-order valence-electron chi connectivity index (χ2n) is 6.18. The number of carbonyl (C=O) groups excluding carboxylic acids is 3. The third-order valence-electron chi connectivity index (χ3n) is 4.57. The van der Waals surface area contributed by atoms with Gasteiger partial charge in [0.25, 0.3) is 0 Å². The number of hydrogen-bond acceptors (Lipinski definition) is 6. The van der Waals surface area contributed by atoms with Crippen molar-refractivity contribution in [2.45, 2.75) is 39.5 Å². The summed E-state index contributed by atoms with van der Waals surface area (Å²) in [6, 6.07) is 8.07. The molecule has 8 heteroatoms. The first-order valence-electron chi connectivity index (χ1n) is 8.86. The van der Waals surface area contributed by atoms with Crippen LogP contribution in [-0.4, -0.2) is 37.5 Å². The van der Waals surface area contributed by atoms with Crippen molar-refractivity contribution in [3.63, 3.8) is 0 Å². The number of carbonyl (C=O) groups is 3. The number of Topliss-reactive ketones (excluding diaryl/α,β-unsaturated/α-hetero) is 1. The Hall–Kier alpha value is -1.36. The summed E-state index contributed by atoms with van der Waals surface area (Å²) in [4.78, 5) is 37.8. The van der Waals surface area contributed by atoms with Crippen LogP contribution in [0.15, 0.2) is 18.2 Å². The topological polar surface area (TPSA) is 72.9 Å². The van der Waals surface area contributed by atoms with E-state index in [1.165, 1.54) is 0 Å². The maximum Gasteiger partial charge on any atom is 0.318 e. The van der Waals surface area contributed by atoms with Gasteiger partial charge in [0, 0.05) is 31.5 Å². The van der Waals surface area contributed by atoms with Gasteiger partial charge in [0.2, 0.25) is 0 Å². The van der Waals surface area contributed by atoms with E-state index in [-0.39, 0.29) is 49.8 Å². The largest absolute Gasteiger partial charge is 0.466 e. The summed E-state index contributed by atoms with van der Waals surface area (Å²) in [5.41, 5.74) is -0.0999. The van der Waals surface area contributed by atoms with Gasteiger partial charge >= 0.3 is 11.9 Å². The molecule has 27 heavy (non-hydrogen) atoms. The molecule has 0 bridgehead atoms. The van der Waals surface area contributed by atoms with Gasteiger partial charge in [-0.05, 0) is 42.5 Å². The fourth-order valence-corrected chi connectivity index (χ4v) is 3.58. The zero-order chi connectivity index (χ0) is 19.2. The maximum atomic E-state index is 13.3. The third kappa shape index (κ3) is 5.34. The molecule has 0 fully saturated rings. The van der Waals surface area contributed by atoms with Crippen LogP contribution in [0.1, 0.15) is 49.9 Å². The Bertz CT molecular complexity index is 684. The van der Waals surface area contributed by atoms with E-state index in [4.69, 9.17) is 9.47 Å². The number of ether oxygens (including phenoxy) is 2. The number of ketones is 1. The number of fused-ring (bicyclic) bond motifs is 1. The molecular weight excluding hydrogens is 404 g/mol. The molecule has 0 aliphatic carbocycles. The minimum absolute atomic E-state index is 0. The summed E-state index contributed by atoms with van der Waals surface area (Å²) in [6.45, 7) is 4.48. The van der Waals surface area contributed by atoms with E-state index >= 15 is 0 Å². The summed E-state index contributed by atoms with van der Waals surface area (Å²) in [6.07, 6.45) is 1.12. The molecule has 0 saturated carbocycles. The smallest absolute Gasteiger partial charge is 0.318 e. The summed E-state index contributed by atoms with van der Waals surface area (Å²) < 4.78 is 12.1. The van der Waals surface area contributed by atoms with E-state index in [1.54, 1.807) is 32.0 Å². The number of benzene rings is 1. The average molecular weight is 429 g/mol. The fourth-order valence-electron chi connectivity index (χ4n) is 3.23. The zero-order valence-corrected chi connectivity index (χ0v) is 18.2. The Balaban J connectivity index is 0.00000364. The van der Waals surface area contributed by atoms with E-state index in [0.29, 0.717) is 31.6 Å². The molecule has 147 valence electrons. The standard InChI is InChI=1S/C19H25NO5P.V/c1-3-24-16(21)10-7-11-19(18(23)25-4-2)12-13-20(26)15-9-6-5-8-14(15)17(19)22;/h6,8-9H,3-4,7,10-13,26H2,1-2H3;/q-1;. The van der Waals surface area contributed by atoms with Crippen molar-refractivity contribution in [2.75, 3.05) is 24.4 Å². The first kappa shape index (κ1) is 23.7. The van der Waals surface area contributed by atoms with Crippen LogP contribution in [0.5, 0.6) is 0 Å². The van der Waals surface area contributed by atoms with Crippen molar-refractivity contribution in [1.29, 1.82) is 0 Å². The van der Waals surface area contributed by atoms with Gasteiger partial charge < -0.3 is 18.9 Å². The summed E-state index contributed by atoms with van der Waals surface area (Å²) in [5.74, 6) is -1.12. The van der Waals surface area contributed by atoms with Gasteiger partial charge in [-0.25, -0.2) is 0 Å². The summed E-state index contributed by atoms with van der Waals surface area (Å²) >= 11 is 0. The van der Waals surface area contributed by atoms with E-state index in [0.717, 1.165) is 5.69 Å². The van der Waals surface area contributed by atoms with Crippen LogP contribution >= 0.6 is 9.39 Å². The van der Waals surface area contributed by atoms with Crippen LogP contribution in [0, 0.1) is 11.5 Å². The monoisotopic (exact) mass is 429 g/mol. The Kier molecular flexibility index (Phi) is 9.51. The third-order valence-corrected chi connectivity index (χ3v) is 5.10. The Labute approximate surface area is 174 Å². The van der Waals surface area contributed by atoms with Crippen molar-refractivity contribution in [3.05, 3.63) is 29.8 Å². The molecule has 1 radical (unpaired) electrons. The summed E-state index contributed by atoms with van der Waals surface area (Å²) in [5, 5.41) is 0. The van der Waals surface area contributed by atoms with Gasteiger partial charge in [0.1, 0.15) is 11.2 Å². The predicted molar refractivity (Wildman–Crippen MR) is 101 cm³/mol. The zero-order valence-electron chi connectivity index (χ0n) is 15.7. The van der Waals surface area contributed by atoms with Crippen molar-refractivity contribution in [3.8, 4) is 0 Å². The van der Waals surface area contributed by atoms with Crippen LogP contribution in [0.2, 0.25) is 0 Å². The molecule has 1 aromatic carbocycles. The van der Waals surface area contributed by atoms with Gasteiger partial charge in [0.15, 0.2) is 0 Å². The van der Waals surface area contributed by atoms with E-state index in [1.807, 2.05) is 4.67 Å². The number of rotatable bonds is 7. The van der Waals surface area contributed by atoms with Crippen LogP contribution < -0.4 is 4.67 Å². The normalized spacial score (nSPS) is 18.8. The average Bonchev–Trinajstić information content (AvgIpc) is 2.73. The molecule has 0 spiro atoms. The maximum absolute atomic E-state index is 13.3. The summed E-state index contributed by atoms with van der Waals surface area (Å²) in [7, 11) is 2.59. The number of anilines is 1. The van der Waals surface area contributed by atoms with Gasteiger partial charge in [-0.3, -0.25) is 9.59 Å². The van der Waals surface area contributed by atoms with Crippen molar-refractivity contribution < 1.29 is 42.4 Å². The molecule has 1 aliphatic rings. The van der Waals surface area contributed by atoms with Gasteiger partial charge in [-0.1, -0.05) is 11.3 Å². The molecule has 0 amide bonds. The minimum Gasteiger partial charge on any atom is -0.466 e. The van der Waals surface area contributed by atoms with Gasteiger partial charge in [-0.15, -0.1) is 6.07 Å². The molecule has 2 rings (SSSR count). The minimum atomic E-state index is -1.29. The van der Waals surface area contributed by atoms with Crippen LogP contribution in [-0.2, 0) is 37.6 Å². The number of nitrogens with zero attached hydrogens (tertiary/aromatic N) is 1. The van der Waals surface area contributed by atoms with Crippen LogP contribution in [0.25, 0.3) is 0 Å². The molecule has 0 saturated heterocycles. The number of hydrogen-bond donors (Lipinski definition) is 0. The van der Waals surface area contributed by atoms with Crippen molar-refractivity contribution in [1.82, 2.24) is 0 Å². The van der Waals surface area contributed by atoms with Crippen LogP contribution in [0.4, 0.5) is 5.69 Å². The van der Waals surface area contributed by atoms with Gasteiger partial charge in [-0.2, -0.15) is 18.2 Å². The Morgan fingerprint density at radius 1 is 1.30 bits per heavy atom. The number of esters is 2. The molecule has 6 nitrogen and oxygen atoms in total. The fraction of sp³-hybridized carbons (Fsp3) is 0.526. The van der Waals surface area contributed by atoms with Crippen LogP contribution in [0.3, 0.4) is 0 Å². The molecule has 1 aliphatic heterocycles. The SMILES string of the molecule is CCOC(=O)CCCC1(C(=O)OCC)CCN(P)c2cc[c-]cc2C1=O.[V]. The molecule has 2 atom stereocenters. The quantitative estimate of drug-likeness (QED) is 0.287. The van der Waals surface area contributed by atoms with E-state index in [2.05, 4.69) is 15.5 Å². The second-order valence-corrected chi connectivity index (χ2v) is 6.80. The first-order valence-corrected chi connectivity index (χ1v) is 9.38. The Morgan fingerprint density at radius 3 is 2.67 bits per heavy atom. The van der Waals surface area contributed by atoms with E-state index in [9.17, 15) is 14.4 Å². The Morgan fingerprint density at radius 2 is 2.00 bits per heavy atom.